The van der Waals surface area contributed by atoms with Crippen LogP contribution in [-0.2, 0) is 6.42 Å². The van der Waals surface area contributed by atoms with Crippen molar-refractivity contribution in [2.75, 3.05) is 23.9 Å². The number of hydrogen-bond acceptors (Lipinski definition) is 4. The molecule has 0 aromatic carbocycles. The quantitative estimate of drug-likeness (QED) is 0.740. The third-order valence-electron chi connectivity index (χ3n) is 1.72. The van der Waals surface area contributed by atoms with Crippen LogP contribution in [-0.4, -0.2) is 23.5 Å². The Balaban J connectivity index is 2.20. The fraction of sp³-hybridized carbons (Fsp3) is 0.667. The topological polar surface area (TPSA) is 24.9 Å². The fourth-order valence-electron chi connectivity index (χ4n) is 0.962. The number of nitrogens with one attached hydrogen (secondary N) is 1. The lowest BCUT2D eigenvalue weighted by molar-refractivity contribution is 0.980. The summed E-state index contributed by atoms with van der Waals surface area (Å²) >= 11 is 3.59. The van der Waals surface area contributed by atoms with Crippen LogP contribution in [0.25, 0.3) is 0 Å². The molecular weight excluding hydrogens is 200 g/mol. The summed E-state index contributed by atoms with van der Waals surface area (Å²) < 4.78 is 0. The highest BCUT2D eigenvalue weighted by Gasteiger charge is 1.97. The predicted molar refractivity (Wildman–Crippen MR) is 63.0 cm³/mol. The van der Waals surface area contributed by atoms with Gasteiger partial charge in [0, 0.05) is 11.9 Å². The van der Waals surface area contributed by atoms with Crippen molar-refractivity contribution >= 4 is 28.2 Å². The van der Waals surface area contributed by atoms with Crippen LogP contribution in [0.1, 0.15) is 19.0 Å². The second-order valence-electron chi connectivity index (χ2n) is 2.77. The first kappa shape index (κ1) is 10.9. The maximum atomic E-state index is 4.43. The van der Waals surface area contributed by atoms with Gasteiger partial charge in [-0.3, -0.25) is 0 Å². The maximum Gasteiger partial charge on any atom is 0.182 e. The molecule has 0 spiro atoms. The lowest BCUT2D eigenvalue weighted by Crippen LogP contribution is -2.02. The van der Waals surface area contributed by atoms with Gasteiger partial charge < -0.3 is 5.32 Å². The van der Waals surface area contributed by atoms with Gasteiger partial charge in [-0.1, -0.05) is 6.92 Å². The maximum absolute atomic E-state index is 4.43. The third kappa shape index (κ3) is 4.00. The molecule has 0 unspecified atom stereocenters. The number of nitrogens with zero attached hydrogens (tertiary/aromatic N) is 1. The molecule has 0 bridgehead atoms. The Morgan fingerprint density at radius 1 is 1.62 bits per heavy atom. The molecule has 0 saturated carbocycles. The molecule has 0 aliphatic heterocycles. The molecule has 74 valence electrons. The fourth-order valence-corrected chi connectivity index (χ4v) is 2.22. The molecule has 0 amide bonds. The second kappa shape index (κ2) is 6.27. The van der Waals surface area contributed by atoms with Crippen molar-refractivity contribution in [1.82, 2.24) is 4.98 Å². The smallest absolute Gasteiger partial charge is 0.182 e. The van der Waals surface area contributed by atoms with E-state index in [1.54, 1.807) is 11.3 Å². The summed E-state index contributed by atoms with van der Waals surface area (Å²) in [6, 6.07) is 0. The van der Waals surface area contributed by atoms with E-state index in [0.29, 0.717) is 0 Å². The van der Waals surface area contributed by atoms with Gasteiger partial charge in [-0.25, -0.2) is 4.98 Å². The monoisotopic (exact) mass is 216 g/mol. The molecule has 1 aromatic heterocycles. The van der Waals surface area contributed by atoms with Gasteiger partial charge in [-0.15, -0.1) is 11.3 Å². The number of aryl methyl sites for hydroxylation is 1. The zero-order valence-electron chi connectivity index (χ0n) is 8.17. The Bertz CT molecular complexity index is 235. The van der Waals surface area contributed by atoms with Crippen molar-refractivity contribution < 1.29 is 0 Å². The van der Waals surface area contributed by atoms with E-state index in [1.165, 1.54) is 17.9 Å². The van der Waals surface area contributed by atoms with E-state index in [4.69, 9.17) is 0 Å². The zero-order chi connectivity index (χ0) is 9.52. The van der Waals surface area contributed by atoms with E-state index in [9.17, 15) is 0 Å². The first-order valence-electron chi connectivity index (χ1n) is 4.54. The summed E-state index contributed by atoms with van der Waals surface area (Å²) in [7, 11) is 0. The second-order valence-corrected chi connectivity index (χ2v) is 4.61. The van der Waals surface area contributed by atoms with Crippen LogP contribution in [0.3, 0.4) is 0 Å². The Morgan fingerprint density at radius 3 is 3.08 bits per heavy atom. The van der Waals surface area contributed by atoms with Crippen LogP contribution < -0.4 is 5.32 Å². The molecule has 13 heavy (non-hydrogen) atoms. The molecular formula is C9H16N2S2. The summed E-state index contributed by atoms with van der Waals surface area (Å²) in [6.45, 7) is 3.17. The van der Waals surface area contributed by atoms with Crippen molar-refractivity contribution in [1.29, 1.82) is 0 Å². The van der Waals surface area contributed by atoms with Crippen LogP contribution in [0.5, 0.6) is 0 Å². The van der Waals surface area contributed by atoms with Gasteiger partial charge in [0.25, 0.3) is 0 Å². The van der Waals surface area contributed by atoms with Gasteiger partial charge in [0.2, 0.25) is 0 Å². The largest absolute Gasteiger partial charge is 0.361 e. The van der Waals surface area contributed by atoms with Crippen LogP contribution >= 0.6 is 23.1 Å². The summed E-state index contributed by atoms with van der Waals surface area (Å²) in [5.41, 5.74) is 1.19. The third-order valence-corrected chi connectivity index (χ3v) is 3.26. The molecule has 1 N–H and O–H groups in total. The van der Waals surface area contributed by atoms with Gasteiger partial charge in [0.1, 0.15) is 0 Å². The zero-order valence-corrected chi connectivity index (χ0v) is 9.80. The number of hydrogen-bond donors (Lipinski definition) is 1. The average Bonchev–Trinajstić information content (AvgIpc) is 2.60. The van der Waals surface area contributed by atoms with E-state index in [-0.39, 0.29) is 0 Å². The molecule has 1 heterocycles. The highest BCUT2D eigenvalue weighted by molar-refractivity contribution is 7.98. The van der Waals surface area contributed by atoms with Crippen molar-refractivity contribution in [3.63, 3.8) is 0 Å². The summed E-state index contributed by atoms with van der Waals surface area (Å²) in [5.74, 6) is 1.22. The highest BCUT2D eigenvalue weighted by Crippen LogP contribution is 2.15. The summed E-state index contributed by atoms with van der Waals surface area (Å²) in [6.07, 6.45) is 4.38. The van der Waals surface area contributed by atoms with Gasteiger partial charge in [-0.05, 0) is 24.9 Å². The minimum Gasteiger partial charge on any atom is -0.361 e. The van der Waals surface area contributed by atoms with E-state index in [0.717, 1.165) is 18.1 Å². The molecule has 4 heteroatoms. The highest BCUT2D eigenvalue weighted by atomic mass is 32.2. The Labute approximate surface area is 88.2 Å². The Kier molecular flexibility index (Phi) is 5.23. The summed E-state index contributed by atoms with van der Waals surface area (Å²) in [4.78, 5) is 4.43. The number of aromatic nitrogens is 1. The lowest BCUT2D eigenvalue weighted by atomic mass is 10.4. The van der Waals surface area contributed by atoms with Crippen LogP contribution in [0, 0.1) is 0 Å². The predicted octanol–water partition coefficient (Wildman–Crippen LogP) is 2.87. The molecule has 2 nitrogen and oxygen atoms in total. The molecule has 0 radical (unpaired) electrons. The number of thiazole rings is 1. The van der Waals surface area contributed by atoms with E-state index in [1.807, 2.05) is 11.8 Å². The Morgan fingerprint density at radius 2 is 2.46 bits per heavy atom. The summed E-state index contributed by atoms with van der Waals surface area (Å²) in [5, 5.41) is 6.52. The first-order valence-corrected chi connectivity index (χ1v) is 6.81. The molecule has 0 atom stereocenters. The van der Waals surface area contributed by atoms with Gasteiger partial charge >= 0.3 is 0 Å². The van der Waals surface area contributed by atoms with Crippen LogP contribution in [0.2, 0.25) is 0 Å². The van der Waals surface area contributed by atoms with E-state index in [2.05, 4.69) is 28.9 Å². The van der Waals surface area contributed by atoms with Gasteiger partial charge in [-0.2, -0.15) is 11.8 Å². The molecule has 0 saturated heterocycles. The van der Waals surface area contributed by atoms with Crippen molar-refractivity contribution in [3.8, 4) is 0 Å². The number of thioether (sulfide) groups is 1. The van der Waals surface area contributed by atoms with Crippen LogP contribution in [0.4, 0.5) is 5.13 Å². The first-order chi connectivity index (χ1) is 6.36. The standard InChI is InChI=1S/C9H16N2S2/c1-3-8-7-13-9(11-8)10-5-4-6-12-2/h7H,3-6H2,1-2H3,(H,10,11). The van der Waals surface area contributed by atoms with Crippen molar-refractivity contribution in [3.05, 3.63) is 11.1 Å². The van der Waals surface area contributed by atoms with Crippen molar-refractivity contribution in [2.45, 2.75) is 19.8 Å². The molecule has 0 aliphatic rings. The van der Waals surface area contributed by atoms with Gasteiger partial charge in [0.15, 0.2) is 5.13 Å². The van der Waals surface area contributed by atoms with Crippen molar-refractivity contribution in [2.24, 2.45) is 0 Å². The van der Waals surface area contributed by atoms with Gasteiger partial charge in [0.05, 0.1) is 5.69 Å². The minimum absolute atomic E-state index is 1.03. The number of rotatable bonds is 6. The van der Waals surface area contributed by atoms with E-state index < -0.39 is 0 Å². The lowest BCUT2D eigenvalue weighted by Gasteiger charge is -2.00. The molecule has 0 aliphatic carbocycles. The number of anilines is 1. The Hall–Kier alpha value is -0.220. The van der Waals surface area contributed by atoms with E-state index >= 15 is 0 Å². The average molecular weight is 216 g/mol. The molecule has 1 rings (SSSR count). The molecule has 1 aromatic rings. The van der Waals surface area contributed by atoms with Crippen LogP contribution in [0.15, 0.2) is 5.38 Å². The molecule has 0 fully saturated rings. The SMILES string of the molecule is CCc1csc(NCCCSC)n1. The normalized spacial score (nSPS) is 10.3. The minimum atomic E-state index is 1.03.